The fourth-order valence-corrected chi connectivity index (χ4v) is 2.27. The highest BCUT2D eigenvalue weighted by Crippen LogP contribution is 2.27. The zero-order valence-corrected chi connectivity index (χ0v) is 13.4. The fourth-order valence-electron chi connectivity index (χ4n) is 2.27. The molecule has 0 aliphatic rings. The van der Waals surface area contributed by atoms with E-state index in [1.54, 1.807) is 0 Å². The van der Waals surface area contributed by atoms with Crippen molar-refractivity contribution in [1.82, 2.24) is 4.90 Å². The summed E-state index contributed by atoms with van der Waals surface area (Å²) in [5.74, 6) is 0. The molecule has 108 valence electrons. The van der Waals surface area contributed by atoms with E-state index in [0.29, 0.717) is 12.1 Å². The van der Waals surface area contributed by atoms with E-state index in [9.17, 15) is 0 Å². The van der Waals surface area contributed by atoms with Gasteiger partial charge in [-0.25, -0.2) is 0 Å². The predicted molar refractivity (Wildman–Crippen MR) is 88.8 cm³/mol. The van der Waals surface area contributed by atoms with E-state index < -0.39 is 0 Å². The fraction of sp³-hybridized carbons (Fsp3) is 0.368. The molecule has 0 bridgehead atoms. The zero-order valence-electron chi connectivity index (χ0n) is 13.4. The monoisotopic (exact) mass is 269 g/mol. The molecule has 2 rings (SSSR count). The number of hydrogen-bond acceptors (Lipinski definition) is 1. The van der Waals surface area contributed by atoms with Crippen molar-refractivity contribution in [2.75, 3.05) is 7.05 Å². The molecular formula is C19H27N. The topological polar surface area (TPSA) is 3.24 Å². The van der Waals surface area contributed by atoms with Crippen LogP contribution < -0.4 is 0 Å². The summed E-state index contributed by atoms with van der Waals surface area (Å²) >= 11 is 0. The first-order chi connectivity index (χ1) is 9.70. The second kappa shape index (κ2) is 8.55. The lowest BCUT2D eigenvalue weighted by Gasteiger charge is -2.31. The summed E-state index contributed by atoms with van der Waals surface area (Å²) in [6, 6.07) is 22.2. The van der Waals surface area contributed by atoms with Crippen molar-refractivity contribution in [2.45, 2.75) is 39.8 Å². The van der Waals surface area contributed by atoms with Crippen LogP contribution in [0.25, 0.3) is 0 Å². The van der Waals surface area contributed by atoms with Gasteiger partial charge in [0.1, 0.15) is 0 Å². The van der Waals surface area contributed by atoms with Crippen molar-refractivity contribution in [2.24, 2.45) is 0 Å². The Morgan fingerprint density at radius 1 is 0.650 bits per heavy atom. The minimum absolute atomic E-state index is 0.418. The van der Waals surface area contributed by atoms with Gasteiger partial charge in [0.15, 0.2) is 0 Å². The Labute approximate surface area is 124 Å². The highest BCUT2D eigenvalue weighted by atomic mass is 15.1. The smallest absolute Gasteiger partial charge is 0.0322 e. The molecule has 0 aliphatic carbocycles. The van der Waals surface area contributed by atoms with Crippen LogP contribution in [0.4, 0.5) is 0 Å². The van der Waals surface area contributed by atoms with Gasteiger partial charge in [0.05, 0.1) is 0 Å². The SMILES string of the molecule is CC.C[C@H](c1ccccc1)N(C)[C@H](C)c1ccccc1. The molecule has 1 nitrogen and oxygen atoms in total. The van der Waals surface area contributed by atoms with Crippen LogP contribution in [0.2, 0.25) is 0 Å². The van der Waals surface area contributed by atoms with Crippen molar-refractivity contribution in [3.05, 3.63) is 71.8 Å². The number of rotatable bonds is 4. The van der Waals surface area contributed by atoms with Gasteiger partial charge in [0.25, 0.3) is 0 Å². The Balaban J connectivity index is 0.000000956. The van der Waals surface area contributed by atoms with Crippen LogP contribution in [0, 0.1) is 0 Å². The van der Waals surface area contributed by atoms with Gasteiger partial charge in [-0.1, -0.05) is 74.5 Å². The molecule has 0 aliphatic heterocycles. The Hall–Kier alpha value is -1.60. The Kier molecular flexibility index (Phi) is 7.03. The molecule has 0 heterocycles. The van der Waals surface area contributed by atoms with Crippen LogP contribution in [0.3, 0.4) is 0 Å². The summed E-state index contributed by atoms with van der Waals surface area (Å²) in [5, 5.41) is 0. The van der Waals surface area contributed by atoms with E-state index in [0.717, 1.165) is 0 Å². The summed E-state index contributed by atoms with van der Waals surface area (Å²) in [6.45, 7) is 8.52. The van der Waals surface area contributed by atoms with Crippen molar-refractivity contribution in [3.63, 3.8) is 0 Å². The van der Waals surface area contributed by atoms with Crippen molar-refractivity contribution < 1.29 is 0 Å². The molecule has 0 saturated heterocycles. The summed E-state index contributed by atoms with van der Waals surface area (Å²) in [4.78, 5) is 2.41. The lowest BCUT2D eigenvalue weighted by molar-refractivity contribution is 0.199. The molecule has 0 amide bonds. The first-order valence-corrected chi connectivity index (χ1v) is 7.52. The maximum Gasteiger partial charge on any atom is 0.0322 e. The van der Waals surface area contributed by atoms with Crippen LogP contribution in [-0.2, 0) is 0 Å². The first-order valence-electron chi connectivity index (χ1n) is 7.52. The van der Waals surface area contributed by atoms with Gasteiger partial charge >= 0.3 is 0 Å². The molecule has 2 aromatic rings. The van der Waals surface area contributed by atoms with Crippen molar-refractivity contribution in [1.29, 1.82) is 0 Å². The molecule has 20 heavy (non-hydrogen) atoms. The molecule has 1 heteroatoms. The highest BCUT2D eigenvalue weighted by Gasteiger charge is 2.18. The number of benzene rings is 2. The van der Waals surface area contributed by atoms with Gasteiger partial charge in [-0.2, -0.15) is 0 Å². The quantitative estimate of drug-likeness (QED) is 0.711. The molecular weight excluding hydrogens is 242 g/mol. The van der Waals surface area contributed by atoms with Gasteiger partial charge in [0.2, 0.25) is 0 Å². The Morgan fingerprint density at radius 3 is 1.25 bits per heavy atom. The standard InChI is InChI=1S/C17H21N.C2H6/c1-14(16-10-6-4-7-11-16)18(3)15(2)17-12-8-5-9-13-17;1-2/h4-15H,1-3H3;1-2H3/t14-,15-;/m1./s1. The normalized spacial score (nSPS) is 13.3. The largest absolute Gasteiger partial charge is 0.293 e. The van der Waals surface area contributed by atoms with Gasteiger partial charge in [-0.3, -0.25) is 4.90 Å². The second-order valence-corrected chi connectivity index (χ2v) is 4.84. The third-order valence-corrected chi connectivity index (χ3v) is 3.79. The zero-order chi connectivity index (χ0) is 15.0. The number of nitrogens with zero attached hydrogens (tertiary/aromatic N) is 1. The lowest BCUT2D eigenvalue weighted by Crippen LogP contribution is -2.25. The first kappa shape index (κ1) is 16.5. The van der Waals surface area contributed by atoms with Crippen LogP contribution >= 0.6 is 0 Å². The summed E-state index contributed by atoms with van der Waals surface area (Å²) in [6.07, 6.45) is 0. The lowest BCUT2D eigenvalue weighted by atomic mass is 10.0. The van der Waals surface area contributed by atoms with Crippen LogP contribution in [0.1, 0.15) is 50.9 Å². The van der Waals surface area contributed by atoms with Crippen LogP contribution in [0.15, 0.2) is 60.7 Å². The van der Waals surface area contributed by atoms with Crippen LogP contribution in [0.5, 0.6) is 0 Å². The molecule has 0 unspecified atom stereocenters. The van der Waals surface area contributed by atoms with E-state index in [1.165, 1.54) is 11.1 Å². The summed E-state index contributed by atoms with van der Waals surface area (Å²) in [5.41, 5.74) is 2.73. The Bertz CT molecular complexity index is 418. The van der Waals surface area contributed by atoms with Crippen LogP contribution in [-0.4, -0.2) is 11.9 Å². The average molecular weight is 269 g/mol. The van der Waals surface area contributed by atoms with Crippen molar-refractivity contribution in [3.8, 4) is 0 Å². The second-order valence-electron chi connectivity index (χ2n) is 4.84. The van der Waals surface area contributed by atoms with Gasteiger partial charge < -0.3 is 0 Å². The number of hydrogen-bond donors (Lipinski definition) is 0. The predicted octanol–water partition coefficient (Wildman–Crippen LogP) is 5.47. The van der Waals surface area contributed by atoms with Gasteiger partial charge in [0, 0.05) is 12.1 Å². The molecule has 2 atom stereocenters. The molecule has 0 fully saturated rings. The van der Waals surface area contributed by atoms with E-state index in [4.69, 9.17) is 0 Å². The maximum absolute atomic E-state index is 2.41. The Morgan fingerprint density at radius 2 is 0.950 bits per heavy atom. The van der Waals surface area contributed by atoms with E-state index in [2.05, 4.69) is 86.5 Å². The van der Waals surface area contributed by atoms with E-state index >= 15 is 0 Å². The summed E-state index contributed by atoms with van der Waals surface area (Å²) in [7, 11) is 2.19. The molecule has 0 spiro atoms. The average Bonchev–Trinajstić information content (AvgIpc) is 2.56. The van der Waals surface area contributed by atoms with Crippen molar-refractivity contribution >= 4 is 0 Å². The summed E-state index contributed by atoms with van der Waals surface area (Å²) < 4.78 is 0. The minimum atomic E-state index is 0.418. The molecule has 0 radical (unpaired) electrons. The molecule has 0 aromatic heterocycles. The third-order valence-electron chi connectivity index (χ3n) is 3.79. The highest BCUT2D eigenvalue weighted by molar-refractivity contribution is 5.21. The van der Waals surface area contributed by atoms with E-state index in [1.807, 2.05) is 13.8 Å². The molecule has 0 saturated carbocycles. The third kappa shape index (κ3) is 4.21. The minimum Gasteiger partial charge on any atom is -0.293 e. The van der Waals surface area contributed by atoms with Gasteiger partial charge in [-0.15, -0.1) is 0 Å². The van der Waals surface area contributed by atoms with Gasteiger partial charge in [-0.05, 0) is 32.0 Å². The van der Waals surface area contributed by atoms with E-state index in [-0.39, 0.29) is 0 Å². The molecule has 0 N–H and O–H groups in total. The maximum atomic E-state index is 2.41. The molecule has 2 aromatic carbocycles.